The first-order chi connectivity index (χ1) is 13.2. The largest absolute Gasteiger partial charge is 0.458 e. The first-order valence-corrected chi connectivity index (χ1v) is 9.85. The third-order valence-electron chi connectivity index (χ3n) is 5.39. The summed E-state index contributed by atoms with van der Waals surface area (Å²) in [6.07, 6.45) is -0.741. The summed E-state index contributed by atoms with van der Waals surface area (Å²) in [4.78, 5) is 15.6. The minimum atomic E-state index is -0.904. The maximum atomic E-state index is 13.8. The van der Waals surface area contributed by atoms with Crippen molar-refractivity contribution in [2.24, 2.45) is 5.41 Å². The van der Waals surface area contributed by atoms with Gasteiger partial charge in [-0.15, -0.1) is 0 Å². The van der Waals surface area contributed by atoms with Crippen LogP contribution in [0, 0.1) is 5.41 Å². The number of benzene rings is 2. The molecule has 5 heteroatoms. The second kappa shape index (κ2) is 7.30. The molecule has 1 saturated heterocycles. The molecule has 1 amide bonds. The van der Waals surface area contributed by atoms with Gasteiger partial charge in [-0.05, 0) is 49.2 Å². The van der Waals surface area contributed by atoms with E-state index in [0.717, 1.165) is 5.56 Å². The Morgan fingerprint density at radius 1 is 1.07 bits per heavy atom. The predicted molar refractivity (Wildman–Crippen MR) is 114 cm³/mol. The third-order valence-corrected chi connectivity index (χ3v) is 5.50. The van der Waals surface area contributed by atoms with Gasteiger partial charge in [0.15, 0.2) is 0 Å². The lowest BCUT2D eigenvalue weighted by molar-refractivity contribution is -0.143. The van der Waals surface area contributed by atoms with Gasteiger partial charge in [0.1, 0.15) is 16.8 Å². The van der Waals surface area contributed by atoms with Crippen LogP contribution in [-0.2, 0) is 15.0 Å². The van der Waals surface area contributed by atoms with Crippen molar-refractivity contribution >= 4 is 23.7 Å². The van der Waals surface area contributed by atoms with E-state index in [2.05, 4.69) is 20.8 Å². The lowest BCUT2D eigenvalue weighted by Gasteiger charge is -2.50. The summed E-state index contributed by atoms with van der Waals surface area (Å²) >= 11 is 5.01. The molecule has 28 heavy (non-hydrogen) atoms. The Labute approximate surface area is 172 Å². The molecular weight excluding hydrogens is 370 g/mol. The molecule has 1 aliphatic heterocycles. The molecule has 0 bridgehead atoms. The topological polar surface area (TPSA) is 38.8 Å². The zero-order valence-electron chi connectivity index (χ0n) is 17.0. The lowest BCUT2D eigenvalue weighted by Crippen LogP contribution is -2.61. The molecule has 0 spiro atoms. The minimum Gasteiger partial charge on any atom is -0.458 e. The summed E-state index contributed by atoms with van der Waals surface area (Å²) in [7, 11) is 0. The second-order valence-electron chi connectivity index (χ2n) is 8.52. The van der Waals surface area contributed by atoms with Gasteiger partial charge in [-0.1, -0.05) is 69.3 Å². The van der Waals surface area contributed by atoms with E-state index in [1.807, 2.05) is 79.4 Å². The molecule has 0 aliphatic carbocycles. The number of hydrogen-bond acceptors (Lipinski definition) is 4. The number of hydrogen-bond donors (Lipinski definition) is 0. The predicted octanol–water partition coefficient (Wildman–Crippen LogP) is 5.14. The van der Waals surface area contributed by atoms with Crippen LogP contribution < -0.4 is 0 Å². The molecule has 4 nitrogen and oxygen atoms in total. The highest BCUT2D eigenvalue weighted by Crippen LogP contribution is 2.56. The van der Waals surface area contributed by atoms with E-state index in [4.69, 9.17) is 21.7 Å². The van der Waals surface area contributed by atoms with Crippen molar-refractivity contribution in [1.29, 1.82) is 0 Å². The summed E-state index contributed by atoms with van der Waals surface area (Å²) in [5.74, 6) is -0.111. The number of carbonyl (C=O) groups is 1. The normalized spacial score (nSPS) is 24.0. The number of ether oxygens (including phenoxy) is 2. The molecular formula is C23H27NO3S. The van der Waals surface area contributed by atoms with Gasteiger partial charge in [0.05, 0.1) is 0 Å². The van der Waals surface area contributed by atoms with Crippen LogP contribution in [0.4, 0.5) is 0 Å². The first kappa shape index (κ1) is 20.5. The molecule has 2 aromatic carbocycles. The zero-order chi connectivity index (χ0) is 20.6. The van der Waals surface area contributed by atoms with E-state index in [1.165, 1.54) is 5.55 Å². The van der Waals surface area contributed by atoms with Crippen LogP contribution in [0.3, 0.4) is 0 Å². The second-order valence-corrected chi connectivity index (χ2v) is 8.71. The Bertz CT molecular complexity index is 845. The average Bonchev–Trinajstić information content (AvgIpc) is 2.90. The summed E-state index contributed by atoms with van der Waals surface area (Å²) in [6.45, 7) is 10.1. The summed E-state index contributed by atoms with van der Waals surface area (Å²) in [5, 5.41) is 0. The Kier molecular flexibility index (Phi) is 5.34. The third kappa shape index (κ3) is 3.12. The fourth-order valence-electron chi connectivity index (χ4n) is 4.30. The Balaban J connectivity index is 2.32. The van der Waals surface area contributed by atoms with Crippen molar-refractivity contribution in [3.05, 3.63) is 71.8 Å². The lowest BCUT2D eigenvalue weighted by atomic mass is 9.67. The molecule has 0 N–H and O–H groups in total. The Morgan fingerprint density at radius 2 is 1.61 bits per heavy atom. The standard InChI is InChI=1S/C23H27NO3S/c1-21(2,3)23(18-14-10-7-11-15-18)20(26-16-28)27-22(4,5)24(23)19(25)17-12-8-6-9-13-17/h6-16,20H,1-5H3/t20-,23-/m0/s1. The van der Waals surface area contributed by atoms with Crippen molar-refractivity contribution in [3.63, 3.8) is 0 Å². The maximum Gasteiger partial charge on any atom is 0.257 e. The average molecular weight is 398 g/mol. The SMILES string of the molecule is CC1(C)O[C@H](OC=S)[C@@](c2ccccc2)(C(C)(C)C)N1C(=O)c1ccccc1. The highest BCUT2D eigenvalue weighted by molar-refractivity contribution is 7.78. The molecule has 148 valence electrons. The Hall–Kier alpha value is -2.24. The van der Waals surface area contributed by atoms with Crippen LogP contribution in [0.5, 0.6) is 0 Å². The molecule has 0 radical (unpaired) electrons. The molecule has 1 fully saturated rings. The van der Waals surface area contributed by atoms with E-state index in [1.54, 1.807) is 0 Å². The van der Waals surface area contributed by atoms with Gasteiger partial charge in [0.2, 0.25) is 6.29 Å². The van der Waals surface area contributed by atoms with Gasteiger partial charge in [0, 0.05) is 5.56 Å². The Morgan fingerprint density at radius 3 is 2.11 bits per heavy atom. The monoisotopic (exact) mass is 397 g/mol. The number of nitrogens with zero attached hydrogens (tertiary/aromatic N) is 1. The van der Waals surface area contributed by atoms with Crippen LogP contribution in [-0.4, -0.2) is 28.4 Å². The van der Waals surface area contributed by atoms with Crippen molar-refractivity contribution in [2.75, 3.05) is 0 Å². The van der Waals surface area contributed by atoms with E-state index in [9.17, 15) is 4.79 Å². The molecule has 2 aromatic rings. The van der Waals surface area contributed by atoms with E-state index >= 15 is 0 Å². The maximum absolute atomic E-state index is 13.8. The minimum absolute atomic E-state index is 0.111. The number of amides is 1. The zero-order valence-corrected chi connectivity index (χ0v) is 17.8. The molecule has 3 rings (SSSR count). The van der Waals surface area contributed by atoms with Crippen molar-refractivity contribution in [1.82, 2.24) is 4.90 Å². The molecule has 0 saturated carbocycles. The van der Waals surface area contributed by atoms with Gasteiger partial charge in [0.25, 0.3) is 5.91 Å². The highest BCUT2D eigenvalue weighted by Gasteiger charge is 2.67. The number of thiocarbonyl (C=S) groups is 1. The van der Waals surface area contributed by atoms with E-state index < -0.39 is 23.0 Å². The van der Waals surface area contributed by atoms with Crippen LogP contribution >= 0.6 is 12.2 Å². The van der Waals surface area contributed by atoms with Gasteiger partial charge in [-0.2, -0.15) is 0 Å². The quantitative estimate of drug-likeness (QED) is 0.670. The van der Waals surface area contributed by atoms with E-state index in [-0.39, 0.29) is 5.91 Å². The number of carbonyl (C=O) groups excluding carboxylic acids is 1. The van der Waals surface area contributed by atoms with Gasteiger partial charge in [-0.3, -0.25) is 9.69 Å². The smallest absolute Gasteiger partial charge is 0.257 e. The summed E-state index contributed by atoms with van der Waals surface area (Å²) in [5.41, 5.74) is 0.556. The van der Waals surface area contributed by atoms with Crippen LogP contribution in [0.25, 0.3) is 0 Å². The van der Waals surface area contributed by atoms with Crippen molar-refractivity contribution in [2.45, 2.75) is 52.2 Å². The molecule has 0 aromatic heterocycles. The fourth-order valence-corrected chi connectivity index (χ4v) is 4.40. The summed E-state index contributed by atoms with van der Waals surface area (Å²) in [6, 6.07) is 19.2. The van der Waals surface area contributed by atoms with Crippen LogP contribution in [0.2, 0.25) is 0 Å². The van der Waals surface area contributed by atoms with Gasteiger partial charge in [-0.25, -0.2) is 0 Å². The van der Waals surface area contributed by atoms with Gasteiger partial charge >= 0.3 is 0 Å². The molecule has 0 unspecified atom stereocenters. The van der Waals surface area contributed by atoms with Gasteiger partial charge < -0.3 is 9.47 Å². The highest BCUT2D eigenvalue weighted by atomic mass is 32.1. The first-order valence-electron chi connectivity index (χ1n) is 9.38. The fraction of sp³-hybridized carbons (Fsp3) is 0.391. The van der Waals surface area contributed by atoms with E-state index in [0.29, 0.717) is 5.56 Å². The van der Waals surface area contributed by atoms with Crippen LogP contribution in [0.15, 0.2) is 60.7 Å². The van der Waals surface area contributed by atoms with Crippen LogP contribution in [0.1, 0.15) is 50.5 Å². The number of rotatable bonds is 4. The van der Waals surface area contributed by atoms with Crippen molar-refractivity contribution < 1.29 is 14.3 Å². The molecule has 2 atom stereocenters. The summed E-state index contributed by atoms with van der Waals surface area (Å²) < 4.78 is 12.2. The molecule has 1 heterocycles. The van der Waals surface area contributed by atoms with Crippen molar-refractivity contribution in [3.8, 4) is 0 Å². The molecule has 1 aliphatic rings.